The molecule has 0 atom stereocenters. The molecule has 1 aromatic heterocycles. The number of thiazole rings is 1. The molecule has 0 radical (unpaired) electrons. The van der Waals surface area contributed by atoms with Crippen LogP contribution in [0.2, 0.25) is 0 Å². The van der Waals surface area contributed by atoms with Crippen LogP contribution in [0.3, 0.4) is 0 Å². The highest BCUT2D eigenvalue weighted by Crippen LogP contribution is 2.15. The van der Waals surface area contributed by atoms with Crippen molar-refractivity contribution >= 4 is 17.3 Å². The van der Waals surface area contributed by atoms with Gasteiger partial charge in [-0.25, -0.2) is 4.79 Å². The van der Waals surface area contributed by atoms with Gasteiger partial charge in [-0.05, 0) is 31.0 Å². The summed E-state index contributed by atoms with van der Waals surface area (Å²) in [6.07, 6.45) is 0.505. The number of aryl methyl sites for hydroxylation is 1. The Hall–Kier alpha value is -2.08. The first-order valence-corrected chi connectivity index (χ1v) is 7.49. The van der Waals surface area contributed by atoms with E-state index in [0.717, 1.165) is 22.6 Å². The van der Waals surface area contributed by atoms with Crippen LogP contribution in [0.1, 0.15) is 27.9 Å². The van der Waals surface area contributed by atoms with Crippen LogP contribution in [0.4, 0.5) is 0 Å². The van der Waals surface area contributed by atoms with Gasteiger partial charge in [0.05, 0.1) is 6.54 Å². The summed E-state index contributed by atoms with van der Waals surface area (Å²) in [6, 6.07) is 7.65. The number of nitrogens with zero attached hydrogens (tertiary/aromatic N) is 1. The van der Waals surface area contributed by atoms with Gasteiger partial charge in [-0.2, -0.15) is 0 Å². The maximum Gasteiger partial charge on any atom is 0.347 e. The Labute approximate surface area is 126 Å². The van der Waals surface area contributed by atoms with Gasteiger partial charge in [0, 0.05) is 5.69 Å². The first-order valence-electron chi connectivity index (χ1n) is 6.68. The topological polar surface area (TPSA) is 68.5 Å². The van der Waals surface area contributed by atoms with Crippen LogP contribution in [-0.4, -0.2) is 22.2 Å². The van der Waals surface area contributed by atoms with Gasteiger partial charge >= 0.3 is 10.8 Å². The third-order valence-electron chi connectivity index (χ3n) is 3.10. The molecule has 0 saturated heterocycles. The Balaban J connectivity index is 2.10. The summed E-state index contributed by atoms with van der Waals surface area (Å²) < 4.78 is 7.10. The lowest BCUT2D eigenvalue weighted by atomic mass is 10.2. The van der Waals surface area contributed by atoms with Crippen LogP contribution in [0, 0.1) is 6.92 Å². The van der Waals surface area contributed by atoms with E-state index >= 15 is 0 Å². The van der Waals surface area contributed by atoms with Crippen molar-refractivity contribution in [1.29, 1.82) is 0 Å². The first kappa shape index (κ1) is 15.3. The van der Waals surface area contributed by atoms with Crippen LogP contribution in [0.5, 0.6) is 5.75 Å². The molecular formula is C15H17NO4S. The Kier molecular flexibility index (Phi) is 4.80. The predicted molar refractivity (Wildman–Crippen MR) is 81.6 cm³/mol. The molecule has 1 N–H and O–H groups in total. The molecule has 0 aliphatic heterocycles. The summed E-state index contributed by atoms with van der Waals surface area (Å²) in [5, 5.41) is 9.10. The molecular weight excluding hydrogens is 290 g/mol. The smallest absolute Gasteiger partial charge is 0.347 e. The van der Waals surface area contributed by atoms with Crippen LogP contribution in [0.15, 0.2) is 29.1 Å². The number of hydrogen-bond donors (Lipinski definition) is 1. The fourth-order valence-electron chi connectivity index (χ4n) is 2.14. The Morgan fingerprint density at radius 2 is 2.19 bits per heavy atom. The summed E-state index contributed by atoms with van der Waals surface area (Å²) in [6.45, 7) is 4.49. The van der Waals surface area contributed by atoms with E-state index in [1.165, 1.54) is 4.57 Å². The van der Waals surface area contributed by atoms with Crippen LogP contribution in [0.25, 0.3) is 0 Å². The van der Waals surface area contributed by atoms with Crippen molar-refractivity contribution in [2.45, 2.75) is 26.8 Å². The minimum Gasteiger partial charge on any atom is -0.492 e. The fourth-order valence-corrected chi connectivity index (χ4v) is 3.08. The summed E-state index contributed by atoms with van der Waals surface area (Å²) >= 11 is 0.775. The number of carbonyl (C=O) groups is 1. The van der Waals surface area contributed by atoms with Crippen molar-refractivity contribution in [2.24, 2.45) is 0 Å². The zero-order valence-electron chi connectivity index (χ0n) is 12.0. The molecule has 0 unspecified atom stereocenters. The molecule has 0 bridgehead atoms. The van der Waals surface area contributed by atoms with Crippen LogP contribution >= 0.6 is 11.3 Å². The number of ether oxygens (including phenoxy) is 1. The minimum absolute atomic E-state index is 0.123. The van der Waals surface area contributed by atoms with Crippen molar-refractivity contribution in [3.8, 4) is 5.75 Å². The lowest BCUT2D eigenvalue weighted by molar-refractivity contribution is 0.0700. The van der Waals surface area contributed by atoms with E-state index in [4.69, 9.17) is 9.84 Å². The van der Waals surface area contributed by atoms with Crippen molar-refractivity contribution < 1.29 is 14.6 Å². The number of aromatic carboxylic acids is 1. The van der Waals surface area contributed by atoms with E-state index in [0.29, 0.717) is 25.3 Å². The van der Waals surface area contributed by atoms with E-state index in [9.17, 15) is 9.59 Å². The molecule has 21 heavy (non-hydrogen) atoms. The molecule has 1 heterocycles. The van der Waals surface area contributed by atoms with Gasteiger partial charge in [0.25, 0.3) is 0 Å². The highest BCUT2D eigenvalue weighted by atomic mass is 32.1. The molecule has 0 fully saturated rings. The highest BCUT2D eigenvalue weighted by Gasteiger charge is 2.18. The number of hydrogen-bond acceptors (Lipinski definition) is 4. The zero-order valence-corrected chi connectivity index (χ0v) is 12.8. The molecule has 112 valence electrons. The quantitative estimate of drug-likeness (QED) is 0.890. The van der Waals surface area contributed by atoms with Gasteiger partial charge in [0.15, 0.2) is 0 Å². The number of rotatable bonds is 6. The number of benzene rings is 1. The molecule has 0 aliphatic rings. The van der Waals surface area contributed by atoms with Gasteiger partial charge in [-0.15, -0.1) is 0 Å². The van der Waals surface area contributed by atoms with Gasteiger partial charge in [0.2, 0.25) is 0 Å². The normalized spacial score (nSPS) is 10.6. The van der Waals surface area contributed by atoms with E-state index in [2.05, 4.69) is 0 Å². The number of carboxylic acids is 1. The van der Waals surface area contributed by atoms with Crippen molar-refractivity contribution in [3.05, 3.63) is 50.1 Å². The Morgan fingerprint density at radius 1 is 1.43 bits per heavy atom. The second kappa shape index (κ2) is 6.58. The maximum absolute atomic E-state index is 11.9. The number of carboxylic acid groups (broad SMARTS) is 1. The van der Waals surface area contributed by atoms with Crippen molar-refractivity contribution in [2.75, 3.05) is 6.61 Å². The predicted octanol–water partition coefficient (Wildman–Crippen LogP) is 2.56. The van der Waals surface area contributed by atoms with Gasteiger partial charge in [-0.3, -0.25) is 9.36 Å². The third kappa shape index (κ3) is 3.52. The van der Waals surface area contributed by atoms with E-state index in [-0.39, 0.29) is 9.75 Å². The Morgan fingerprint density at radius 3 is 2.81 bits per heavy atom. The zero-order chi connectivity index (χ0) is 15.4. The van der Waals surface area contributed by atoms with Crippen molar-refractivity contribution in [3.63, 3.8) is 0 Å². The molecule has 6 heteroatoms. The van der Waals surface area contributed by atoms with Gasteiger partial charge < -0.3 is 9.84 Å². The lowest BCUT2D eigenvalue weighted by Crippen LogP contribution is -2.20. The van der Waals surface area contributed by atoms with E-state index in [1.807, 2.05) is 38.1 Å². The second-order valence-electron chi connectivity index (χ2n) is 4.62. The molecule has 2 rings (SSSR count). The van der Waals surface area contributed by atoms with Gasteiger partial charge in [0.1, 0.15) is 17.2 Å². The van der Waals surface area contributed by atoms with Crippen LogP contribution in [-0.2, 0) is 13.0 Å². The molecule has 0 saturated carbocycles. The monoisotopic (exact) mass is 307 g/mol. The fraction of sp³-hybridized carbons (Fsp3) is 0.333. The average Bonchev–Trinajstić information content (AvgIpc) is 2.76. The summed E-state index contributed by atoms with van der Waals surface area (Å²) in [5.41, 5.74) is 1.66. The lowest BCUT2D eigenvalue weighted by Gasteiger charge is -2.09. The number of aromatic nitrogens is 1. The first-order chi connectivity index (χ1) is 10.0. The molecule has 1 aromatic carbocycles. The largest absolute Gasteiger partial charge is 0.492 e. The third-order valence-corrected chi connectivity index (χ3v) is 4.11. The Bertz CT molecular complexity index is 702. The summed E-state index contributed by atoms with van der Waals surface area (Å²) in [4.78, 5) is 22.9. The minimum atomic E-state index is -1.05. The molecule has 5 nitrogen and oxygen atoms in total. The standard InChI is InChI=1S/C15H17NO4S/c1-3-12-13(14(17)18)21-15(19)16(12)7-8-20-11-6-4-5-10(2)9-11/h4-6,9H,3,7-8H2,1-2H3,(H,17,18). The molecule has 2 aromatic rings. The summed E-state index contributed by atoms with van der Waals surface area (Å²) in [7, 11) is 0. The average molecular weight is 307 g/mol. The molecule has 0 aliphatic carbocycles. The highest BCUT2D eigenvalue weighted by molar-refractivity contribution is 7.11. The SMILES string of the molecule is CCc1c(C(=O)O)sc(=O)n1CCOc1cccc(C)c1. The van der Waals surface area contributed by atoms with E-state index < -0.39 is 5.97 Å². The summed E-state index contributed by atoms with van der Waals surface area (Å²) in [5.74, 6) is -0.304. The second-order valence-corrected chi connectivity index (χ2v) is 5.58. The van der Waals surface area contributed by atoms with Crippen molar-refractivity contribution in [1.82, 2.24) is 4.57 Å². The van der Waals surface area contributed by atoms with Crippen LogP contribution < -0.4 is 9.61 Å². The maximum atomic E-state index is 11.9. The van der Waals surface area contributed by atoms with Gasteiger partial charge in [-0.1, -0.05) is 30.4 Å². The molecule has 0 amide bonds. The molecule has 0 spiro atoms. The van der Waals surface area contributed by atoms with E-state index in [1.54, 1.807) is 0 Å².